The van der Waals surface area contributed by atoms with E-state index in [1.54, 1.807) is 42.1 Å². The molecule has 0 spiro atoms. The number of carbonyl (C=O) groups excluding carboxylic acids is 1. The van der Waals surface area contributed by atoms with Crippen molar-refractivity contribution in [3.8, 4) is 5.75 Å². The average molecular weight is 317 g/mol. The van der Waals surface area contributed by atoms with Crippen LogP contribution in [-0.2, 0) is 11.8 Å². The van der Waals surface area contributed by atoms with Crippen LogP contribution in [0.5, 0.6) is 5.75 Å². The van der Waals surface area contributed by atoms with Crippen LogP contribution in [0.1, 0.15) is 34.7 Å². The summed E-state index contributed by atoms with van der Waals surface area (Å²) in [6.07, 6.45) is 0. The van der Waals surface area contributed by atoms with Crippen LogP contribution in [0, 0.1) is 6.92 Å². The molecule has 7 nitrogen and oxygen atoms in total. The molecule has 0 saturated carbocycles. The Bertz CT molecular complexity index is 687. The molecule has 1 amide bonds. The third kappa shape index (κ3) is 4.32. The Hall–Kier alpha value is -2.83. The van der Waals surface area contributed by atoms with Gasteiger partial charge in [-0.15, -0.1) is 0 Å². The zero-order valence-corrected chi connectivity index (χ0v) is 13.2. The Morgan fingerprint density at radius 1 is 1.35 bits per heavy atom. The van der Waals surface area contributed by atoms with Gasteiger partial charge in [0.25, 0.3) is 5.91 Å². The standard InChI is InChI=1S/C16H19N3O4/c1-10-8-14(18-19(10)3)16(22)17-11(2)12-4-6-13(7-5-12)23-9-15(20)21/h4-8,11H,9H2,1-3H3,(H,17,22)(H,20,21). The smallest absolute Gasteiger partial charge is 0.341 e. The topological polar surface area (TPSA) is 93.4 Å². The first-order chi connectivity index (χ1) is 10.9. The molecule has 1 aromatic heterocycles. The summed E-state index contributed by atoms with van der Waals surface area (Å²) in [6.45, 7) is 3.36. The molecule has 2 rings (SSSR count). The lowest BCUT2D eigenvalue weighted by Gasteiger charge is -2.14. The van der Waals surface area contributed by atoms with Crippen LogP contribution >= 0.6 is 0 Å². The molecule has 0 aliphatic carbocycles. The quantitative estimate of drug-likeness (QED) is 0.845. The number of rotatable bonds is 6. The Morgan fingerprint density at radius 3 is 2.52 bits per heavy atom. The SMILES string of the molecule is Cc1cc(C(=O)NC(C)c2ccc(OCC(=O)O)cc2)nn1C. The third-order valence-electron chi connectivity index (χ3n) is 3.44. The van der Waals surface area contributed by atoms with Gasteiger partial charge in [-0.1, -0.05) is 12.1 Å². The first kappa shape index (κ1) is 16.5. The van der Waals surface area contributed by atoms with Gasteiger partial charge in [-0.3, -0.25) is 9.48 Å². The number of ether oxygens (including phenoxy) is 1. The highest BCUT2D eigenvalue weighted by Gasteiger charge is 2.15. The van der Waals surface area contributed by atoms with Crippen LogP contribution in [0.2, 0.25) is 0 Å². The van der Waals surface area contributed by atoms with Crippen molar-refractivity contribution in [3.05, 3.63) is 47.3 Å². The molecular weight excluding hydrogens is 298 g/mol. The Balaban J connectivity index is 1.98. The molecule has 0 saturated heterocycles. The van der Waals surface area contributed by atoms with Gasteiger partial charge in [0, 0.05) is 12.7 Å². The fraction of sp³-hybridized carbons (Fsp3) is 0.312. The van der Waals surface area contributed by atoms with Crippen molar-refractivity contribution in [3.63, 3.8) is 0 Å². The van der Waals surface area contributed by atoms with E-state index in [0.29, 0.717) is 11.4 Å². The van der Waals surface area contributed by atoms with Gasteiger partial charge in [-0.05, 0) is 37.6 Å². The molecule has 1 unspecified atom stereocenters. The summed E-state index contributed by atoms with van der Waals surface area (Å²) in [4.78, 5) is 22.6. The second-order valence-corrected chi connectivity index (χ2v) is 5.24. The maximum absolute atomic E-state index is 12.2. The van der Waals surface area contributed by atoms with Gasteiger partial charge in [0.05, 0.1) is 6.04 Å². The number of carboxylic acids is 1. The molecular formula is C16H19N3O4. The largest absolute Gasteiger partial charge is 0.482 e. The Morgan fingerprint density at radius 2 is 2.00 bits per heavy atom. The maximum atomic E-state index is 12.2. The highest BCUT2D eigenvalue weighted by atomic mass is 16.5. The van der Waals surface area contributed by atoms with Crippen molar-refractivity contribution >= 4 is 11.9 Å². The molecule has 0 radical (unpaired) electrons. The van der Waals surface area contributed by atoms with Gasteiger partial charge in [0.2, 0.25) is 0 Å². The van der Waals surface area contributed by atoms with E-state index in [1.807, 2.05) is 13.8 Å². The Labute approximate surface area is 133 Å². The van der Waals surface area contributed by atoms with Crippen molar-refractivity contribution in [1.82, 2.24) is 15.1 Å². The molecule has 0 aliphatic rings. The van der Waals surface area contributed by atoms with Crippen LogP contribution in [0.15, 0.2) is 30.3 Å². The van der Waals surface area contributed by atoms with Crippen LogP contribution in [0.25, 0.3) is 0 Å². The molecule has 23 heavy (non-hydrogen) atoms. The van der Waals surface area contributed by atoms with Crippen LogP contribution < -0.4 is 10.1 Å². The molecule has 0 aliphatic heterocycles. The number of aliphatic carboxylic acids is 1. The number of amides is 1. The molecule has 122 valence electrons. The molecule has 1 aromatic carbocycles. The van der Waals surface area contributed by atoms with Crippen molar-refractivity contribution in [1.29, 1.82) is 0 Å². The summed E-state index contributed by atoms with van der Waals surface area (Å²) in [5, 5.41) is 15.6. The molecule has 2 N–H and O–H groups in total. The van der Waals surface area contributed by atoms with Crippen molar-refractivity contribution < 1.29 is 19.4 Å². The lowest BCUT2D eigenvalue weighted by atomic mass is 10.1. The van der Waals surface area contributed by atoms with Crippen molar-refractivity contribution in [2.24, 2.45) is 7.05 Å². The van der Waals surface area contributed by atoms with E-state index in [1.165, 1.54) is 0 Å². The predicted octanol–water partition coefficient (Wildman–Crippen LogP) is 1.68. The van der Waals surface area contributed by atoms with E-state index in [2.05, 4.69) is 10.4 Å². The molecule has 2 aromatic rings. The fourth-order valence-corrected chi connectivity index (χ4v) is 2.02. The van der Waals surface area contributed by atoms with Crippen molar-refractivity contribution in [2.45, 2.75) is 19.9 Å². The van der Waals surface area contributed by atoms with Gasteiger partial charge in [-0.25, -0.2) is 4.79 Å². The van der Waals surface area contributed by atoms with E-state index >= 15 is 0 Å². The molecule has 1 heterocycles. The number of benzene rings is 1. The lowest BCUT2D eigenvalue weighted by molar-refractivity contribution is -0.139. The van der Waals surface area contributed by atoms with Crippen LogP contribution in [0.3, 0.4) is 0 Å². The highest BCUT2D eigenvalue weighted by Crippen LogP contribution is 2.18. The Kier molecular flexibility index (Phi) is 5.00. The zero-order valence-electron chi connectivity index (χ0n) is 13.2. The predicted molar refractivity (Wildman–Crippen MR) is 83.4 cm³/mol. The number of nitrogens with one attached hydrogen (secondary N) is 1. The summed E-state index contributed by atoms with van der Waals surface area (Å²) in [5.41, 5.74) is 2.16. The molecule has 1 atom stereocenters. The first-order valence-electron chi connectivity index (χ1n) is 7.13. The van der Waals surface area contributed by atoms with Gasteiger partial charge in [-0.2, -0.15) is 5.10 Å². The average Bonchev–Trinajstić information content (AvgIpc) is 2.85. The molecule has 0 fully saturated rings. The fourth-order valence-electron chi connectivity index (χ4n) is 2.02. The minimum atomic E-state index is -1.03. The minimum Gasteiger partial charge on any atom is -0.482 e. The number of hydrogen-bond acceptors (Lipinski definition) is 4. The highest BCUT2D eigenvalue weighted by molar-refractivity contribution is 5.92. The number of carbonyl (C=O) groups is 2. The normalized spacial score (nSPS) is 11.8. The second-order valence-electron chi connectivity index (χ2n) is 5.24. The summed E-state index contributed by atoms with van der Waals surface area (Å²) >= 11 is 0. The number of hydrogen-bond donors (Lipinski definition) is 2. The summed E-state index contributed by atoms with van der Waals surface area (Å²) in [7, 11) is 1.78. The van der Waals surface area contributed by atoms with Gasteiger partial charge in [0.1, 0.15) is 11.4 Å². The lowest BCUT2D eigenvalue weighted by Crippen LogP contribution is -2.27. The number of aromatic nitrogens is 2. The monoisotopic (exact) mass is 317 g/mol. The van der Waals surface area contributed by atoms with Crippen molar-refractivity contribution in [2.75, 3.05) is 6.61 Å². The summed E-state index contributed by atoms with van der Waals surface area (Å²) < 4.78 is 6.72. The van der Waals surface area contributed by atoms with E-state index in [-0.39, 0.29) is 18.6 Å². The number of aryl methyl sites for hydroxylation is 2. The van der Waals surface area contributed by atoms with Gasteiger partial charge in [0.15, 0.2) is 6.61 Å². The van der Waals surface area contributed by atoms with E-state index < -0.39 is 5.97 Å². The minimum absolute atomic E-state index is 0.210. The zero-order chi connectivity index (χ0) is 17.0. The maximum Gasteiger partial charge on any atom is 0.341 e. The van der Waals surface area contributed by atoms with Crippen LogP contribution in [-0.4, -0.2) is 33.4 Å². The van der Waals surface area contributed by atoms with E-state index in [4.69, 9.17) is 9.84 Å². The van der Waals surface area contributed by atoms with E-state index in [0.717, 1.165) is 11.3 Å². The molecule has 7 heteroatoms. The second kappa shape index (κ2) is 6.95. The number of nitrogens with zero attached hydrogens (tertiary/aromatic N) is 2. The first-order valence-corrected chi connectivity index (χ1v) is 7.13. The van der Waals surface area contributed by atoms with E-state index in [9.17, 15) is 9.59 Å². The third-order valence-corrected chi connectivity index (χ3v) is 3.44. The molecule has 0 bridgehead atoms. The van der Waals surface area contributed by atoms with Gasteiger partial charge < -0.3 is 15.2 Å². The summed E-state index contributed by atoms with van der Waals surface area (Å²) in [6, 6.07) is 8.43. The van der Waals surface area contributed by atoms with Crippen LogP contribution in [0.4, 0.5) is 0 Å². The number of carboxylic acid groups (broad SMARTS) is 1. The summed E-state index contributed by atoms with van der Waals surface area (Å²) in [5.74, 6) is -0.803. The van der Waals surface area contributed by atoms with Gasteiger partial charge >= 0.3 is 5.97 Å².